The van der Waals surface area contributed by atoms with Gasteiger partial charge < -0.3 is 9.47 Å². The number of ether oxygens (including phenoxy) is 2. The Kier molecular flexibility index (Phi) is 10.7. The number of rotatable bonds is 15. The van der Waals surface area contributed by atoms with Gasteiger partial charge in [-0.25, -0.2) is 0 Å². The van der Waals surface area contributed by atoms with E-state index in [9.17, 15) is 9.59 Å². The van der Waals surface area contributed by atoms with Crippen molar-refractivity contribution in [1.82, 2.24) is 4.90 Å². The number of fused-ring (bicyclic) bond motifs is 4. The number of aryl methyl sites for hydroxylation is 1. The van der Waals surface area contributed by atoms with Crippen LogP contribution in [0, 0.1) is 18.8 Å². The minimum Gasteiger partial charge on any atom is -0.481 e. The lowest BCUT2D eigenvalue weighted by atomic mass is 9.79. The van der Waals surface area contributed by atoms with E-state index in [4.69, 9.17) is 9.47 Å². The van der Waals surface area contributed by atoms with Crippen LogP contribution >= 0.6 is 45.3 Å². The van der Waals surface area contributed by atoms with Gasteiger partial charge in [0.05, 0.1) is 25.8 Å². The Morgan fingerprint density at radius 1 is 0.837 bits per heavy atom. The van der Waals surface area contributed by atoms with Gasteiger partial charge in [0.1, 0.15) is 11.4 Å². The van der Waals surface area contributed by atoms with Crippen molar-refractivity contribution in [3.63, 3.8) is 0 Å². The topological polar surface area (TPSA) is 55.8 Å². The lowest BCUT2D eigenvalue weighted by Crippen LogP contribution is -2.36. The van der Waals surface area contributed by atoms with E-state index >= 15 is 0 Å². The third-order valence-electron chi connectivity index (χ3n) is 10.2. The van der Waals surface area contributed by atoms with E-state index in [1.54, 1.807) is 22.7 Å². The summed E-state index contributed by atoms with van der Waals surface area (Å²) >= 11 is 7.05. The highest BCUT2D eigenvalue weighted by Crippen LogP contribution is 2.59. The van der Waals surface area contributed by atoms with Gasteiger partial charge in [0.2, 0.25) is 0 Å². The lowest BCUT2D eigenvalue weighted by molar-refractivity contribution is 0.0344. The third-order valence-corrected chi connectivity index (χ3v) is 15.5. The van der Waals surface area contributed by atoms with E-state index in [2.05, 4.69) is 72.7 Å². The summed E-state index contributed by atoms with van der Waals surface area (Å²) in [7, 11) is 0. The van der Waals surface area contributed by atoms with Crippen molar-refractivity contribution in [3.8, 4) is 35.0 Å². The molecule has 0 spiro atoms. The molecule has 5 nitrogen and oxygen atoms in total. The molecule has 0 atom stereocenters. The molecule has 2 aliphatic rings. The molecular formula is C40H51NO4S4. The molecule has 0 N–H and O–H groups in total. The van der Waals surface area contributed by atoms with Crippen LogP contribution in [0.25, 0.3) is 29.3 Å². The minimum absolute atomic E-state index is 0.101. The molecule has 4 aromatic rings. The fraction of sp³-hybridized carbons (Fsp3) is 0.550. The number of hydrogen-bond acceptors (Lipinski definition) is 8. The maximum atomic E-state index is 13.6. The van der Waals surface area contributed by atoms with Crippen LogP contribution in [0.1, 0.15) is 130 Å². The molecule has 0 unspecified atom stereocenters. The lowest BCUT2D eigenvalue weighted by Gasteiger charge is -2.39. The number of carbonyl (C=O) groups is 2. The summed E-state index contributed by atoms with van der Waals surface area (Å²) in [6.45, 7) is 21.7. The standard InChI is InChI=1S/C40H51NO4S4/c1-10-39(8,9)31-21-26-34(49-31)35-27(45-40(26,17-15-23(3)4)18-16-24(5)6)22-30(48-35)28-13-14-29(47-28)36-33-32(25(7)46-36)37(42)41(38(33)43)19-12-20-44-11-2/h13-14,21-24H,10-12,15-20H2,1-9H3. The number of nitrogens with zero attached hydrogens (tertiary/aromatic N) is 1. The maximum absolute atomic E-state index is 13.6. The van der Waals surface area contributed by atoms with Crippen molar-refractivity contribution >= 4 is 57.2 Å². The molecule has 0 aliphatic carbocycles. The zero-order valence-electron chi connectivity index (χ0n) is 30.5. The zero-order valence-corrected chi connectivity index (χ0v) is 33.8. The molecule has 0 bridgehead atoms. The van der Waals surface area contributed by atoms with Gasteiger partial charge in [-0.1, -0.05) is 48.5 Å². The Morgan fingerprint density at radius 2 is 1.51 bits per heavy atom. The Hall–Kier alpha value is -2.30. The van der Waals surface area contributed by atoms with Gasteiger partial charge in [0.25, 0.3) is 11.8 Å². The van der Waals surface area contributed by atoms with Crippen LogP contribution in [0.2, 0.25) is 0 Å². The molecule has 0 aromatic carbocycles. The summed E-state index contributed by atoms with van der Waals surface area (Å²) in [6, 6.07) is 9.05. The normalized spacial score (nSPS) is 15.4. The average molecular weight is 738 g/mol. The molecule has 0 saturated heterocycles. The van der Waals surface area contributed by atoms with Crippen molar-refractivity contribution in [1.29, 1.82) is 0 Å². The molecule has 49 heavy (non-hydrogen) atoms. The molecule has 0 saturated carbocycles. The van der Waals surface area contributed by atoms with Crippen LogP contribution in [-0.2, 0) is 15.8 Å². The largest absolute Gasteiger partial charge is 0.481 e. The Morgan fingerprint density at radius 3 is 2.16 bits per heavy atom. The van der Waals surface area contributed by atoms with E-state index in [-0.39, 0.29) is 22.8 Å². The number of carbonyl (C=O) groups excluding carboxylic acids is 2. The highest BCUT2D eigenvalue weighted by Gasteiger charge is 2.45. The quantitative estimate of drug-likeness (QED) is 0.0900. The van der Waals surface area contributed by atoms with E-state index in [0.717, 1.165) is 57.4 Å². The molecule has 0 fully saturated rings. The van der Waals surface area contributed by atoms with Crippen LogP contribution in [0.5, 0.6) is 5.75 Å². The summed E-state index contributed by atoms with van der Waals surface area (Å²) in [5.74, 6) is 1.86. The first kappa shape index (κ1) is 36.5. The molecular weight excluding hydrogens is 687 g/mol. The second-order valence-electron chi connectivity index (χ2n) is 15.1. The van der Waals surface area contributed by atoms with Crippen LogP contribution in [0.3, 0.4) is 0 Å². The fourth-order valence-electron chi connectivity index (χ4n) is 6.75. The predicted octanol–water partition coefficient (Wildman–Crippen LogP) is 12.4. The van der Waals surface area contributed by atoms with E-state index in [1.807, 2.05) is 36.5 Å². The van der Waals surface area contributed by atoms with Crippen LogP contribution in [0.15, 0.2) is 24.3 Å². The van der Waals surface area contributed by atoms with Crippen LogP contribution < -0.4 is 4.74 Å². The maximum Gasteiger partial charge on any atom is 0.263 e. The number of imide groups is 1. The number of amides is 2. The number of thiophene rings is 4. The molecule has 2 amide bonds. The van der Waals surface area contributed by atoms with Gasteiger partial charge in [0, 0.05) is 55.8 Å². The monoisotopic (exact) mass is 737 g/mol. The SMILES string of the molecule is CCOCCCN1C(=O)c2c(C)sc(-c3ccc(-c4cc5c(s4)-c4sc(C(C)(C)CC)cc4C(CCC(C)C)(CCC(C)C)O5)s3)c2C1=O. The molecule has 4 aromatic heterocycles. The van der Waals surface area contributed by atoms with Gasteiger partial charge in [-0.15, -0.1) is 45.3 Å². The van der Waals surface area contributed by atoms with Crippen LogP contribution in [-0.4, -0.2) is 36.5 Å². The fourth-order valence-corrected chi connectivity index (χ4v) is 11.7. The van der Waals surface area contributed by atoms with Gasteiger partial charge >= 0.3 is 0 Å². The Balaban J connectivity index is 1.37. The van der Waals surface area contributed by atoms with E-state index < -0.39 is 0 Å². The van der Waals surface area contributed by atoms with E-state index in [1.165, 1.54) is 30.0 Å². The first-order valence-electron chi connectivity index (χ1n) is 18.0. The van der Waals surface area contributed by atoms with Gasteiger partial charge in [-0.2, -0.15) is 0 Å². The van der Waals surface area contributed by atoms with Crippen molar-refractivity contribution in [2.45, 2.75) is 112 Å². The summed E-state index contributed by atoms with van der Waals surface area (Å²) in [5.41, 5.74) is 2.31. The molecule has 6 heterocycles. The van der Waals surface area contributed by atoms with Crippen molar-refractivity contribution in [2.24, 2.45) is 11.8 Å². The molecule has 6 rings (SSSR count). The summed E-state index contributed by atoms with van der Waals surface area (Å²) in [6.07, 6.45) is 6.00. The molecule has 2 aliphatic heterocycles. The van der Waals surface area contributed by atoms with Gasteiger partial charge in [-0.3, -0.25) is 14.5 Å². The first-order valence-corrected chi connectivity index (χ1v) is 21.2. The van der Waals surface area contributed by atoms with Crippen molar-refractivity contribution < 1.29 is 19.1 Å². The highest BCUT2D eigenvalue weighted by molar-refractivity contribution is 7.29. The minimum atomic E-state index is -0.328. The van der Waals surface area contributed by atoms with Crippen LogP contribution in [0.4, 0.5) is 0 Å². The zero-order chi connectivity index (χ0) is 35.2. The molecule has 9 heteroatoms. The smallest absolute Gasteiger partial charge is 0.263 e. The first-order chi connectivity index (χ1) is 23.3. The average Bonchev–Trinajstić information content (AvgIpc) is 3.88. The number of hydrogen-bond donors (Lipinski definition) is 0. The summed E-state index contributed by atoms with van der Waals surface area (Å²) < 4.78 is 12.7. The summed E-state index contributed by atoms with van der Waals surface area (Å²) in [5, 5.41) is 0. The molecule has 264 valence electrons. The predicted molar refractivity (Wildman–Crippen MR) is 209 cm³/mol. The third kappa shape index (κ3) is 6.87. The Bertz CT molecular complexity index is 1820. The summed E-state index contributed by atoms with van der Waals surface area (Å²) in [4.78, 5) is 37.6. The van der Waals surface area contributed by atoms with Gasteiger partial charge in [-0.05, 0) is 87.8 Å². The Labute approximate surface area is 308 Å². The molecule has 0 radical (unpaired) electrons. The highest BCUT2D eigenvalue weighted by atomic mass is 32.1. The van der Waals surface area contributed by atoms with Crippen molar-refractivity contribution in [3.05, 3.63) is 50.7 Å². The van der Waals surface area contributed by atoms with Crippen molar-refractivity contribution in [2.75, 3.05) is 19.8 Å². The second kappa shape index (κ2) is 14.4. The van der Waals surface area contributed by atoms with Gasteiger partial charge in [0.15, 0.2) is 0 Å². The van der Waals surface area contributed by atoms with E-state index in [0.29, 0.717) is 49.1 Å². The second-order valence-corrected chi connectivity index (χ2v) is 19.5.